The van der Waals surface area contributed by atoms with Crippen molar-refractivity contribution >= 4 is 64.2 Å². The lowest BCUT2D eigenvalue weighted by atomic mass is 10.00. The van der Waals surface area contributed by atoms with Crippen LogP contribution in [0.5, 0.6) is 5.75 Å². The maximum atomic E-state index is 14.2. The second kappa shape index (κ2) is 26.8. The van der Waals surface area contributed by atoms with Gasteiger partial charge in [0.2, 0.25) is 29.5 Å². The van der Waals surface area contributed by atoms with Crippen LogP contribution in [0.25, 0.3) is 10.8 Å². The Hall–Kier alpha value is -7.69. The summed E-state index contributed by atoms with van der Waals surface area (Å²) in [5.74, 6) is -5.66. The number of carbonyl (C=O) groups is 6. The number of phenols is 1. The Morgan fingerprint density at radius 2 is 0.970 bits per heavy atom. The van der Waals surface area contributed by atoms with Crippen molar-refractivity contribution in [1.29, 1.82) is 0 Å². The van der Waals surface area contributed by atoms with Crippen LogP contribution in [0.15, 0.2) is 81.7 Å². The zero-order valence-corrected chi connectivity index (χ0v) is 36.8. The molecule has 0 aliphatic heterocycles. The van der Waals surface area contributed by atoms with E-state index in [1.54, 1.807) is 6.07 Å². The Balaban J connectivity index is 1.88. The second-order valence-corrected chi connectivity index (χ2v) is 15.5. The third-order valence-corrected chi connectivity index (χ3v) is 10.1. The van der Waals surface area contributed by atoms with E-state index >= 15 is 0 Å². The summed E-state index contributed by atoms with van der Waals surface area (Å²) in [7, 11) is 0. The summed E-state index contributed by atoms with van der Waals surface area (Å²) in [6.07, 6.45) is 0.849. The van der Waals surface area contributed by atoms with E-state index in [4.69, 9.17) is 40.1 Å². The molecule has 21 N–H and O–H groups in total. The monoisotopic (exact) mass is 917 g/mol. The third kappa shape index (κ3) is 19.0. The molecule has 0 aliphatic rings. The summed E-state index contributed by atoms with van der Waals surface area (Å²) >= 11 is 0. The van der Waals surface area contributed by atoms with Gasteiger partial charge < -0.3 is 76.9 Å². The molecule has 3 rings (SSSR count). The molecular weight excluding hydrogens is 855 g/mol. The smallest absolute Gasteiger partial charge is 0.326 e. The van der Waals surface area contributed by atoms with Crippen LogP contribution in [0.4, 0.5) is 0 Å². The van der Waals surface area contributed by atoms with Gasteiger partial charge in [-0.1, -0.05) is 54.6 Å². The molecule has 0 radical (unpaired) electrons. The molecule has 3 aromatic rings. The van der Waals surface area contributed by atoms with E-state index in [1.165, 1.54) is 31.2 Å². The van der Waals surface area contributed by atoms with Gasteiger partial charge >= 0.3 is 5.97 Å². The highest BCUT2D eigenvalue weighted by atomic mass is 16.4. The van der Waals surface area contributed by atoms with Crippen LogP contribution in [0, 0.1) is 0 Å². The van der Waals surface area contributed by atoms with Gasteiger partial charge in [0.1, 0.15) is 36.0 Å². The molecule has 6 atom stereocenters. The van der Waals surface area contributed by atoms with E-state index in [9.17, 15) is 39.0 Å². The Kier molecular flexibility index (Phi) is 21.4. The van der Waals surface area contributed by atoms with Gasteiger partial charge in [-0.25, -0.2) is 4.79 Å². The van der Waals surface area contributed by atoms with Gasteiger partial charge in [0.15, 0.2) is 17.9 Å². The number of aliphatic carboxylic acids is 1. The number of nitrogens with two attached hydrogens (primary N) is 7. The summed E-state index contributed by atoms with van der Waals surface area (Å²) in [6.45, 7) is 1.83. The van der Waals surface area contributed by atoms with E-state index in [1.807, 2.05) is 36.4 Å². The van der Waals surface area contributed by atoms with Gasteiger partial charge in [0.25, 0.3) is 0 Å². The predicted molar refractivity (Wildman–Crippen MR) is 250 cm³/mol. The first-order valence-corrected chi connectivity index (χ1v) is 21.2. The van der Waals surface area contributed by atoms with Gasteiger partial charge in [-0.05, 0) is 79.5 Å². The fourth-order valence-corrected chi connectivity index (χ4v) is 6.57. The summed E-state index contributed by atoms with van der Waals surface area (Å²) < 4.78 is 0. The minimum absolute atomic E-state index is 0.0389. The van der Waals surface area contributed by atoms with Crippen LogP contribution in [-0.4, -0.2) is 119 Å². The molecule has 0 aliphatic carbocycles. The fourth-order valence-electron chi connectivity index (χ4n) is 6.57. The minimum Gasteiger partial charge on any atom is -0.508 e. The molecule has 3 aromatic carbocycles. The number of aliphatic imine (C=N–C) groups is 3. The van der Waals surface area contributed by atoms with Crippen LogP contribution < -0.4 is 66.7 Å². The van der Waals surface area contributed by atoms with E-state index < -0.39 is 71.8 Å². The third-order valence-electron chi connectivity index (χ3n) is 10.1. The maximum Gasteiger partial charge on any atom is 0.326 e. The van der Waals surface area contributed by atoms with Crippen LogP contribution in [0.2, 0.25) is 0 Å². The summed E-state index contributed by atoms with van der Waals surface area (Å²) in [4.78, 5) is 92.8. The normalized spacial score (nSPS) is 13.5. The average Bonchev–Trinajstić information content (AvgIpc) is 3.26. The number of phenolic OH excluding ortho intramolecular Hbond substituents is 1. The van der Waals surface area contributed by atoms with E-state index in [-0.39, 0.29) is 88.2 Å². The number of aromatic hydroxyl groups is 1. The molecule has 0 bridgehead atoms. The van der Waals surface area contributed by atoms with Crippen LogP contribution >= 0.6 is 0 Å². The second-order valence-electron chi connectivity index (χ2n) is 15.5. The number of carbonyl (C=O) groups excluding carboxylic acids is 5. The Bertz CT molecular complexity index is 2210. The quantitative estimate of drug-likeness (QED) is 0.0211. The molecule has 0 spiro atoms. The largest absolute Gasteiger partial charge is 0.508 e. The minimum atomic E-state index is -1.37. The van der Waals surface area contributed by atoms with Crippen molar-refractivity contribution in [1.82, 2.24) is 26.6 Å². The van der Waals surface area contributed by atoms with E-state index in [0.29, 0.717) is 17.5 Å². The predicted octanol–water partition coefficient (Wildman–Crippen LogP) is -2.65. The molecular formula is C43H63N15O8. The summed E-state index contributed by atoms with van der Waals surface area (Å²) in [6, 6.07) is 11.3. The topological polar surface area (TPSA) is 422 Å². The first-order chi connectivity index (χ1) is 31.3. The van der Waals surface area contributed by atoms with Crippen LogP contribution in [0.1, 0.15) is 56.6 Å². The average molecular weight is 918 g/mol. The number of rotatable bonds is 27. The lowest BCUT2D eigenvalue weighted by Gasteiger charge is -2.26. The number of hydrogen-bond acceptors (Lipinski definition) is 11. The van der Waals surface area contributed by atoms with Crippen molar-refractivity contribution in [3.8, 4) is 5.75 Å². The number of carboxylic acid groups (broad SMARTS) is 1. The van der Waals surface area contributed by atoms with Crippen molar-refractivity contribution in [2.24, 2.45) is 55.1 Å². The Labute approximate surface area is 381 Å². The van der Waals surface area contributed by atoms with Gasteiger partial charge in [-0.15, -0.1) is 0 Å². The molecule has 358 valence electrons. The van der Waals surface area contributed by atoms with Gasteiger partial charge in [-0.3, -0.25) is 38.9 Å². The van der Waals surface area contributed by atoms with Crippen LogP contribution in [0.3, 0.4) is 0 Å². The zero-order chi connectivity index (χ0) is 48.8. The zero-order valence-electron chi connectivity index (χ0n) is 36.8. The van der Waals surface area contributed by atoms with Crippen molar-refractivity contribution < 1.29 is 39.0 Å². The number of carboxylic acids is 1. The number of fused-ring (bicyclic) bond motifs is 1. The first kappa shape index (κ1) is 52.7. The molecule has 23 heteroatoms. The molecule has 5 amide bonds. The van der Waals surface area contributed by atoms with Crippen molar-refractivity contribution in [2.75, 3.05) is 19.6 Å². The highest BCUT2D eigenvalue weighted by Gasteiger charge is 2.32. The molecule has 23 nitrogen and oxygen atoms in total. The molecule has 0 aromatic heterocycles. The number of nitrogens with one attached hydrogen (secondary N) is 5. The lowest BCUT2D eigenvalue weighted by Crippen LogP contribution is -2.59. The fraction of sp³-hybridized carbons (Fsp3) is 0.419. The summed E-state index contributed by atoms with van der Waals surface area (Å²) in [5.41, 5.74) is 39.7. The molecule has 0 heterocycles. The number of benzene rings is 3. The van der Waals surface area contributed by atoms with Gasteiger partial charge in [0, 0.05) is 32.5 Å². The van der Waals surface area contributed by atoms with E-state index in [2.05, 4.69) is 41.6 Å². The number of amides is 5. The van der Waals surface area contributed by atoms with Crippen molar-refractivity contribution in [3.05, 3.63) is 77.9 Å². The molecule has 0 unspecified atom stereocenters. The number of nitrogens with zero attached hydrogens (tertiary/aromatic N) is 3. The number of hydrogen-bond donors (Lipinski definition) is 14. The van der Waals surface area contributed by atoms with Crippen molar-refractivity contribution in [2.45, 2.75) is 94.5 Å². The Morgan fingerprint density at radius 1 is 0.530 bits per heavy atom. The Morgan fingerprint density at radius 3 is 1.53 bits per heavy atom. The maximum absolute atomic E-state index is 14.2. The molecule has 0 saturated heterocycles. The van der Waals surface area contributed by atoms with Gasteiger partial charge in [-0.2, -0.15) is 0 Å². The SMILES string of the molecule is C[C@H](NC(=O)[C@H](Cc1ccc2ccccc2c1)NC(=O)[C@H](CCCN=C(N)N)NC(=O)[C@@H](N)CCCN=C(N)N)C(=O)N[C@@H](Cc1ccc(O)cc1)C(=O)N[C@@H](CCCN=C(N)N)C(=O)O. The van der Waals surface area contributed by atoms with Gasteiger partial charge in [0.05, 0.1) is 6.04 Å². The van der Waals surface area contributed by atoms with Crippen LogP contribution in [-0.2, 0) is 41.6 Å². The number of guanidine groups is 3. The lowest BCUT2D eigenvalue weighted by molar-refractivity contribution is -0.142. The first-order valence-electron chi connectivity index (χ1n) is 21.2. The summed E-state index contributed by atoms with van der Waals surface area (Å²) in [5, 5.41) is 34.6. The molecule has 0 fully saturated rings. The van der Waals surface area contributed by atoms with Crippen molar-refractivity contribution in [3.63, 3.8) is 0 Å². The van der Waals surface area contributed by atoms with E-state index in [0.717, 1.165) is 10.8 Å². The molecule has 66 heavy (non-hydrogen) atoms. The molecule has 0 saturated carbocycles. The standard InChI is InChI=1S/C43H63N15O8/c1-24(35(60)57-33(22-25-13-16-29(59)17-14-25)39(64)56-32(40(65)66)11-6-20-53-43(49)50)54-38(63)34(23-26-12-15-27-7-2-3-8-28(27)21-26)58-37(62)31(10-5-19-52-42(47)48)55-36(61)30(44)9-4-18-51-41(45)46/h2-3,7-8,12-17,21,24,30-34,59H,4-6,9-11,18-20,22-23,44H2,1H3,(H,54,63)(H,55,61)(H,56,64)(H,57,60)(H,58,62)(H,65,66)(H4,45,46,51)(H4,47,48,52)(H4,49,50,53)/t24-,30-,31-,32-,33-,34-/m0/s1. The highest BCUT2D eigenvalue weighted by molar-refractivity contribution is 5.96. The highest BCUT2D eigenvalue weighted by Crippen LogP contribution is 2.18.